The molecule has 134 valence electrons. The number of aromatic amines is 1. The maximum Gasteiger partial charge on any atom is 0.262 e. The molecule has 3 heterocycles. The van der Waals surface area contributed by atoms with E-state index >= 15 is 0 Å². The van der Waals surface area contributed by atoms with Crippen LogP contribution in [0, 0.1) is 25.2 Å². The number of amides is 1. The summed E-state index contributed by atoms with van der Waals surface area (Å²) in [5.74, 6) is -0.178. The van der Waals surface area contributed by atoms with Gasteiger partial charge in [0, 0.05) is 11.4 Å². The normalized spacial score (nSPS) is 10.8. The largest absolute Gasteiger partial charge is 0.320 e. The Morgan fingerprint density at radius 1 is 1.42 bits per heavy atom. The van der Waals surface area contributed by atoms with Gasteiger partial charge in [0.05, 0.1) is 11.9 Å². The first kappa shape index (κ1) is 17.6. The van der Waals surface area contributed by atoms with Crippen molar-refractivity contribution in [1.82, 2.24) is 30.1 Å². The van der Waals surface area contributed by atoms with Gasteiger partial charge in [0.15, 0.2) is 11.5 Å². The van der Waals surface area contributed by atoms with Crippen LogP contribution in [0.25, 0.3) is 5.65 Å². The molecular weight excluding hydrogens is 332 g/mol. The van der Waals surface area contributed by atoms with E-state index in [0.717, 1.165) is 24.4 Å². The summed E-state index contributed by atoms with van der Waals surface area (Å²) in [6.07, 6.45) is 3.00. The van der Waals surface area contributed by atoms with E-state index in [1.807, 2.05) is 27.0 Å². The number of nitrogens with one attached hydrogen (secondary N) is 3. The number of fused-ring (bicyclic) bond motifs is 1. The van der Waals surface area contributed by atoms with Crippen LogP contribution in [-0.4, -0.2) is 44.3 Å². The van der Waals surface area contributed by atoms with Gasteiger partial charge >= 0.3 is 0 Å². The first-order valence-electron chi connectivity index (χ1n) is 8.30. The summed E-state index contributed by atoms with van der Waals surface area (Å²) < 4.78 is 1.61. The van der Waals surface area contributed by atoms with Crippen LogP contribution in [0.3, 0.4) is 0 Å². The van der Waals surface area contributed by atoms with E-state index < -0.39 is 5.91 Å². The fourth-order valence-corrected chi connectivity index (χ4v) is 2.82. The Morgan fingerprint density at radius 2 is 2.23 bits per heavy atom. The molecule has 0 saturated heterocycles. The minimum absolute atomic E-state index is 0.223. The van der Waals surface area contributed by atoms with Crippen molar-refractivity contribution >= 4 is 17.4 Å². The Kier molecular flexibility index (Phi) is 4.95. The lowest BCUT2D eigenvalue weighted by Crippen LogP contribution is -2.13. The number of carbonyl (C=O) groups is 1. The molecular formula is C17H20N8O. The number of anilines is 1. The molecule has 0 radical (unpaired) electrons. The van der Waals surface area contributed by atoms with Crippen molar-refractivity contribution in [1.29, 1.82) is 5.26 Å². The van der Waals surface area contributed by atoms with Gasteiger partial charge in [-0.2, -0.15) is 15.5 Å². The van der Waals surface area contributed by atoms with Crippen molar-refractivity contribution in [3.63, 3.8) is 0 Å². The van der Waals surface area contributed by atoms with Crippen molar-refractivity contribution in [2.24, 2.45) is 0 Å². The quantitative estimate of drug-likeness (QED) is 0.575. The number of aromatic nitrogens is 5. The summed E-state index contributed by atoms with van der Waals surface area (Å²) in [7, 11) is 1.87. The fraction of sp³-hybridized carbons (Fsp3) is 0.353. The minimum atomic E-state index is -0.401. The van der Waals surface area contributed by atoms with E-state index in [4.69, 9.17) is 0 Å². The molecule has 0 spiro atoms. The molecule has 0 aliphatic carbocycles. The Balaban J connectivity index is 1.86. The number of H-pyrrole nitrogens is 1. The van der Waals surface area contributed by atoms with Crippen LogP contribution < -0.4 is 10.6 Å². The second kappa shape index (κ2) is 7.33. The molecule has 26 heavy (non-hydrogen) atoms. The molecule has 9 nitrogen and oxygen atoms in total. The van der Waals surface area contributed by atoms with Gasteiger partial charge in [0.25, 0.3) is 5.91 Å². The van der Waals surface area contributed by atoms with E-state index in [0.29, 0.717) is 28.9 Å². The summed E-state index contributed by atoms with van der Waals surface area (Å²) in [6.45, 7) is 4.59. The Hall–Kier alpha value is -3.25. The van der Waals surface area contributed by atoms with E-state index in [1.54, 1.807) is 4.52 Å². The van der Waals surface area contributed by atoms with E-state index in [9.17, 15) is 10.1 Å². The molecule has 0 atom stereocenters. The van der Waals surface area contributed by atoms with Crippen LogP contribution in [0.15, 0.2) is 12.3 Å². The zero-order valence-electron chi connectivity index (χ0n) is 14.9. The molecule has 0 unspecified atom stereocenters. The van der Waals surface area contributed by atoms with Crippen molar-refractivity contribution in [2.45, 2.75) is 26.7 Å². The highest BCUT2D eigenvalue weighted by Crippen LogP contribution is 2.19. The highest BCUT2D eigenvalue weighted by molar-refractivity contribution is 6.08. The third-order valence-corrected chi connectivity index (χ3v) is 4.06. The summed E-state index contributed by atoms with van der Waals surface area (Å²) in [4.78, 5) is 17.1. The molecule has 3 rings (SSSR count). The molecule has 0 aliphatic rings. The number of hydrogen-bond acceptors (Lipinski definition) is 6. The van der Waals surface area contributed by atoms with Crippen molar-refractivity contribution in [3.8, 4) is 6.07 Å². The average molecular weight is 352 g/mol. The third-order valence-electron chi connectivity index (χ3n) is 4.06. The number of nitrogens with zero attached hydrogens (tertiary/aromatic N) is 5. The fourth-order valence-electron chi connectivity index (χ4n) is 2.82. The van der Waals surface area contributed by atoms with Gasteiger partial charge in [-0.3, -0.25) is 9.89 Å². The SMILES string of the molecule is CNCCCc1[nH]nc(NC(=O)c2cnn3c(C)cc(C)nc23)c1C#N. The van der Waals surface area contributed by atoms with Crippen LogP contribution in [0.2, 0.25) is 0 Å². The van der Waals surface area contributed by atoms with Gasteiger partial charge in [-0.15, -0.1) is 0 Å². The molecule has 9 heteroatoms. The van der Waals surface area contributed by atoms with Crippen LogP contribution in [0.1, 0.15) is 39.4 Å². The van der Waals surface area contributed by atoms with Crippen LogP contribution in [0.4, 0.5) is 5.82 Å². The van der Waals surface area contributed by atoms with E-state index in [-0.39, 0.29) is 5.82 Å². The maximum atomic E-state index is 12.7. The number of nitriles is 1. The summed E-state index contributed by atoms with van der Waals surface area (Å²) in [5.41, 5.74) is 3.56. The molecule has 3 N–H and O–H groups in total. The molecule has 0 aliphatic heterocycles. The third kappa shape index (κ3) is 3.27. The topological polar surface area (TPSA) is 124 Å². The van der Waals surface area contributed by atoms with Crippen LogP contribution in [0.5, 0.6) is 0 Å². The number of aryl methyl sites for hydroxylation is 3. The van der Waals surface area contributed by atoms with Gasteiger partial charge in [-0.1, -0.05) is 0 Å². The van der Waals surface area contributed by atoms with Crippen molar-refractivity contribution < 1.29 is 4.79 Å². The summed E-state index contributed by atoms with van der Waals surface area (Å²) in [6, 6.07) is 4.00. The van der Waals surface area contributed by atoms with Crippen molar-refractivity contribution in [3.05, 3.63) is 40.5 Å². The first-order valence-corrected chi connectivity index (χ1v) is 8.30. The maximum absolute atomic E-state index is 12.7. The zero-order chi connectivity index (χ0) is 18.7. The monoisotopic (exact) mass is 352 g/mol. The first-order chi connectivity index (χ1) is 12.5. The van der Waals surface area contributed by atoms with Gasteiger partial charge < -0.3 is 10.6 Å². The van der Waals surface area contributed by atoms with Gasteiger partial charge in [0.1, 0.15) is 17.2 Å². The lowest BCUT2D eigenvalue weighted by atomic mass is 10.1. The molecule has 3 aromatic heterocycles. The van der Waals surface area contributed by atoms with Crippen LogP contribution in [-0.2, 0) is 6.42 Å². The van der Waals surface area contributed by atoms with Gasteiger partial charge in [-0.25, -0.2) is 9.50 Å². The van der Waals surface area contributed by atoms with Crippen LogP contribution >= 0.6 is 0 Å². The van der Waals surface area contributed by atoms with Gasteiger partial charge in [0.2, 0.25) is 0 Å². The highest BCUT2D eigenvalue weighted by atomic mass is 16.1. The predicted molar refractivity (Wildman–Crippen MR) is 96.0 cm³/mol. The molecule has 0 fully saturated rings. The summed E-state index contributed by atoms with van der Waals surface area (Å²) in [5, 5.41) is 26.3. The molecule has 1 amide bonds. The standard InChI is InChI=1S/C17H20N8O/c1-10-7-11(2)25-16(21-10)13(9-20-25)17(26)22-15-12(8-18)14(23-24-15)5-4-6-19-3/h7,9,19H,4-6H2,1-3H3,(H2,22,23,24,26). The predicted octanol–water partition coefficient (Wildman–Crippen LogP) is 1.35. The molecule has 0 aromatic carbocycles. The Bertz CT molecular complexity index is 994. The van der Waals surface area contributed by atoms with Gasteiger partial charge in [-0.05, 0) is 46.3 Å². The minimum Gasteiger partial charge on any atom is -0.320 e. The van der Waals surface area contributed by atoms with E-state index in [1.165, 1.54) is 6.20 Å². The number of rotatable bonds is 6. The molecule has 3 aromatic rings. The van der Waals surface area contributed by atoms with Crippen molar-refractivity contribution in [2.75, 3.05) is 18.9 Å². The lowest BCUT2D eigenvalue weighted by molar-refractivity contribution is 0.102. The Morgan fingerprint density at radius 3 is 2.96 bits per heavy atom. The lowest BCUT2D eigenvalue weighted by Gasteiger charge is -2.03. The number of carbonyl (C=O) groups excluding carboxylic acids is 1. The molecule has 0 bridgehead atoms. The smallest absolute Gasteiger partial charge is 0.262 e. The second-order valence-corrected chi connectivity index (χ2v) is 6.03. The highest BCUT2D eigenvalue weighted by Gasteiger charge is 2.20. The molecule has 0 saturated carbocycles. The average Bonchev–Trinajstić information content (AvgIpc) is 3.19. The summed E-state index contributed by atoms with van der Waals surface area (Å²) >= 11 is 0. The Labute approximate surface area is 150 Å². The van der Waals surface area contributed by atoms with E-state index in [2.05, 4.69) is 37.0 Å². The zero-order valence-corrected chi connectivity index (χ0v) is 14.9. The second-order valence-electron chi connectivity index (χ2n) is 6.03. The number of hydrogen-bond donors (Lipinski definition) is 3.